The first-order valence-electron chi connectivity index (χ1n) is 6.94. The molecule has 0 atom stereocenters. The van der Waals surface area contributed by atoms with E-state index in [1.165, 1.54) is 25.7 Å². The largest absolute Gasteiger partial charge is 0.342 e. The van der Waals surface area contributed by atoms with Crippen molar-refractivity contribution in [3.05, 3.63) is 0 Å². The van der Waals surface area contributed by atoms with E-state index in [9.17, 15) is 4.79 Å². The molecule has 1 saturated carbocycles. The minimum absolute atomic E-state index is 0.321. The van der Waals surface area contributed by atoms with Crippen LogP contribution in [-0.2, 0) is 4.79 Å². The van der Waals surface area contributed by atoms with E-state index in [4.69, 9.17) is 0 Å². The predicted octanol–water partition coefficient (Wildman–Crippen LogP) is 3.46. The maximum absolute atomic E-state index is 12.3. The van der Waals surface area contributed by atoms with Crippen molar-refractivity contribution in [3.63, 3.8) is 0 Å². The highest BCUT2D eigenvalue weighted by Crippen LogP contribution is 2.24. The summed E-state index contributed by atoms with van der Waals surface area (Å²) in [6, 6.07) is 0. The van der Waals surface area contributed by atoms with Gasteiger partial charge in [-0.25, -0.2) is 0 Å². The van der Waals surface area contributed by atoms with Gasteiger partial charge >= 0.3 is 0 Å². The number of hydrogen-bond acceptors (Lipinski definition) is 1. The van der Waals surface area contributed by atoms with E-state index < -0.39 is 0 Å². The molecule has 0 heterocycles. The zero-order chi connectivity index (χ0) is 12.0. The molecule has 0 aliphatic heterocycles. The fourth-order valence-corrected chi connectivity index (χ4v) is 2.60. The lowest BCUT2D eigenvalue weighted by molar-refractivity contribution is -0.136. The highest BCUT2D eigenvalue weighted by molar-refractivity contribution is 5.78. The molecule has 0 bridgehead atoms. The molecule has 1 rings (SSSR count). The van der Waals surface area contributed by atoms with Gasteiger partial charge < -0.3 is 4.90 Å². The normalized spacial score (nSPS) is 18.5. The molecule has 1 aliphatic rings. The molecule has 0 aromatic carbocycles. The van der Waals surface area contributed by atoms with Gasteiger partial charge in [0.1, 0.15) is 0 Å². The van der Waals surface area contributed by atoms with E-state index in [2.05, 4.69) is 25.7 Å². The first-order valence-corrected chi connectivity index (χ1v) is 6.94. The van der Waals surface area contributed by atoms with Gasteiger partial charge in [-0.1, -0.05) is 39.5 Å². The quantitative estimate of drug-likeness (QED) is 0.671. The van der Waals surface area contributed by atoms with Gasteiger partial charge in [-0.15, -0.1) is 0 Å². The number of carbonyl (C=O) groups is 1. The molecular weight excluding hydrogens is 198 g/mol. The zero-order valence-corrected chi connectivity index (χ0v) is 11.2. The summed E-state index contributed by atoms with van der Waals surface area (Å²) in [6.45, 7) is 8.25. The zero-order valence-electron chi connectivity index (χ0n) is 11.2. The summed E-state index contributed by atoms with van der Waals surface area (Å²) in [4.78, 5) is 14.4. The molecule has 1 fully saturated rings. The summed E-state index contributed by atoms with van der Waals surface area (Å²) >= 11 is 0. The Labute approximate surface area is 100 Å². The third kappa shape index (κ3) is 4.15. The van der Waals surface area contributed by atoms with Gasteiger partial charge in [0, 0.05) is 19.0 Å². The van der Waals surface area contributed by atoms with Crippen molar-refractivity contribution in [1.82, 2.24) is 4.90 Å². The molecule has 2 nitrogen and oxygen atoms in total. The van der Waals surface area contributed by atoms with Crippen LogP contribution in [0, 0.1) is 11.8 Å². The molecule has 1 amide bonds. The predicted molar refractivity (Wildman–Crippen MR) is 68.3 cm³/mol. The number of hydrogen-bond donors (Lipinski definition) is 0. The molecule has 16 heavy (non-hydrogen) atoms. The molecule has 0 radical (unpaired) electrons. The Morgan fingerprint density at radius 3 is 2.19 bits per heavy atom. The molecule has 0 saturated heterocycles. The Hall–Kier alpha value is -0.530. The van der Waals surface area contributed by atoms with Crippen LogP contribution < -0.4 is 0 Å². The summed E-state index contributed by atoms with van der Waals surface area (Å²) < 4.78 is 0. The Balaban J connectivity index is 2.51. The van der Waals surface area contributed by atoms with Crippen molar-refractivity contribution < 1.29 is 4.79 Å². The molecule has 0 N–H and O–H groups in total. The Morgan fingerprint density at radius 1 is 1.19 bits per heavy atom. The summed E-state index contributed by atoms with van der Waals surface area (Å²) in [5.74, 6) is 1.31. The second kappa shape index (κ2) is 6.93. The first kappa shape index (κ1) is 13.5. The highest BCUT2D eigenvalue weighted by atomic mass is 16.2. The molecule has 0 unspecified atom stereocenters. The summed E-state index contributed by atoms with van der Waals surface area (Å²) in [5.41, 5.74) is 0. The van der Waals surface area contributed by atoms with E-state index in [1.807, 2.05) is 0 Å². The number of nitrogens with zero attached hydrogens (tertiary/aromatic N) is 1. The molecule has 2 heteroatoms. The lowest BCUT2D eigenvalue weighted by Gasteiger charge is -2.27. The van der Waals surface area contributed by atoms with Crippen molar-refractivity contribution >= 4 is 5.91 Å². The summed E-state index contributed by atoms with van der Waals surface area (Å²) in [6.07, 6.45) is 7.37. The van der Waals surface area contributed by atoms with Gasteiger partial charge in [0.05, 0.1) is 0 Å². The Bertz CT molecular complexity index is 201. The van der Waals surface area contributed by atoms with E-state index in [0.717, 1.165) is 25.9 Å². The smallest absolute Gasteiger partial charge is 0.225 e. The second-order valence-electron chi connectivity index (χ2n) is 5.46. The monoisotopic (exact) mass is 225 g/mol. The van der Waals surface area contributed by atoms with Crippen LogP contribution in [0.15, 0.2) is 0 Å². The van der Waals surface area contributed by atoms with Crippen LogP contribution in [0.4, 0.5) is 0 Å². The minimum atomic E-state index is 0.321. The van der Waals surface area contributed by atoms with Gasteiger partial charge in [0.25, 0.3) is 0 Å². The van der Waals surface area contributed by atoms with Crippen LogP contribution >= 0.6 is 0 Å². The SMILES string of the molecule is CCN(CC(C)C)C(=O)C1CCCCCC1. The van der Waals surface area contributed by atoms with Crippen LogP contribution in [-0.4, -0.2) is 23.9 Å². The molecular formula is C14H27NO. The first-order chi connectivity index (χ1) is 7.65. The van der Waals surface area contributed by atoms with Crippen LogP contribution in [0.5, 0.6) is 0 Å². The minimum Gasteiger partial charge on any atom is -0.342 e. The average Bonchev–Trinajstić information content (AvgIpc) is 2.53. The molecule has 94 valence electrons. The lowest BCUT2D eigenvalue weighted by Crippen LogP contribution is -2.38. The van der Waals surface area contributed by atoms with Crippen molar-refractivity contribution in [2.24, 2.45) is 11.8 Å². The van der Waals surface area contributed by atoms with Crippen molar-refractivity contribution in [2.45, 2.75) is 59.3 Å². The Morgan fingerprint density at radius 2 is 1.75 bits per heavy atom. The van der Waals surface area contributed by atoms with Crippen molar-refractivity contribution in [1.29, 1.82) is 0 Å². The topological polar surface area (TPSA) is 20.3 Å². The maximum Gasteiger partial charge on any atom is 0.225 e. The van der Waals surface area contributed by atoms with Crippen LogP contribution in [0.25, 0.3) is 0 Å². The van der Waals surface area contributed by atoms with Crippen molar-refractivity contribution in [2.75, 3.05) is 13.1 Å². The van der Waals surface area contributed by atoms with Gasteiger partial charge in [-0.3, -0.25) is 4.79 Å². The summed E-state index contributed by atoms with van der Waals surface area (Å²) in [5, 5.41) is 0. The number of rotatable bonds is 4. The van der Waals surface area contributed by atoms with E-state index in [-0.39, 0.29) is 0 Å². The molecule has 0 aromatic heterocycles. The van der Waals surface area contributed by atoms with E-state index in [0.29, 0.717) is 17.7 Å². The van der Waals surface area contributed by atoms with E-state index >= 15 is 0 Å². The van der Waals surface area contributed by atoms with Gasteiger partial charge in [0.2, 0.25) is 5.91 Å². The van der Waals surface area contributed by atoms with Gasteiger partial charge in [0.15, 0.2) is 0 Å². The number of carbonyl (C=O) groups excluding carboxylic acids is 1. The lowest BCUT2D eigenvalue weighted by atomic mass is 9.98. The maximum atomic E-state index is 12.3. The standard InChI is InChI=1S/C14H27NO/c1-4-15(11-12(2)3)14(16)13-9-7-5-6-8-10-13/h12-13H,4-11H2,1-3H3. The fourth-order valence-electron chi connectivity index (χ4n) is 2.60. The fraction of sp³-hybridized carbons (Fsp3) is 0.929. The Kier molecular flexibility index (Phi) is 5.86. The number of amides is 1. The highest BCUT2D eigenvalue weighted by Gasteiger charge is 2.24. The van der Waals surface area contributed by atoms with Gasteiger partial charge in [-0.2, -0.15) is 0 Å². The van der Waals surface area contributed by atoms with Crippen molar-refractivity contribution in [3.8, 4) is 0 Å². The van der Waals surface area contributed by atoms with Crippen LogP contribution in [0.1, 0.15) is 59.3 Å². The molecule has 0 spiro atoms. The van der Waals surface area contributed by atoms with E-state index in [1.54, 1.807) is 0 Å². The molecule has 0 aromatic rings. The molecule has 1 aliphatic carbocycles. The third-order valence-electron chi connectivity index (χ3n) is 3.48. The van der Waals surface area contributed by atoms with Gasteiger partial charge in [-0.05, 0) is 25.7 Å². The average molecular weight is 225 g/mol. The summed E-state index contributed by atoms with van der Waals surface area (Å²) in [7, 11) is 0. The van der Waals surface area contributed by atoms with Crippen LogP contribution in [0.2, 0.25) is 0 Å². The second-order valence-corrected chi connectivity index (χ2v) is 5.46. The van der Waals surface area contributed by atoms with Crippen LogP contribution in [0.3, 0.4) is 0 Å². The third-order valence-corrected chi connectivity index (χ3v) is 3.48.